The van der Waals surface area contributed by atoms with Crippen LogP contribution in [0.2, 0.25) is 0 Å². The third-order valence-corrected chi connectivity index (χ3v) is 3.90. The van der Waals surface area contributed by atoms with Crippen molar-refractivity contribution in [3.05, 3.63) is 0 Å². The van der Waals surface area contributed by atoms with Crippen LogP contribution >= 0.6 is 0 Å². The molecule has 3 heteroatoms. The molecule has 0 aromatic heterocycles. The lowest BCUT2D eigenvalue weighted by Crippen LogP contribution is -2.36. The number of aliphatic hydroxyl groups excluding tert-OH is 1. The zero-order chi connectivity index (χ0) is 12.1. The molecule has 0 aliphatic heterocycles. The minimum Gasteiger partial charge on any atom is -0.469 e. The molecule has 1 rings (SSSR count). The van der Waals surface area contributed by atoms with E-state index in [1.165, 1.54) is 20.0 Å². The lowest BCUT2D eigenvalue weighted by molar-refractivity contribution is -0.151. The zero-order valence-electron chi connectivity index (χ0n) is 10.6. The number of hydrogen-bond donors (Lipinski definition) is 1. The minimum atomic E-state index is -0.523. The van der Waals surface area contributed by atoms with Crippen molar-refractivity contribution in [3.8, 4) is 0 Å². The van der Waals surface area contributed by atoms with Crippen molar-refractivity contribution in [2.75, 3.05) is 7.11 Å². The van der Waals surface area contributed by atoms with Crippen LogP contribution in [0.3, 0.4) is 0 Å². The molecule has 0 aromatic rings. The molecule has 1 aliphatic rings. The number of esters is 1. The highest BCUT2D eigenvalue weighted by Crippen LogP contribution is 2.33. The van der Waals surface area contributed by atoms with E-state index in [0.717, 1.165) is 18.8 Å². The first-order chi connectivity index (χ1) is 7.60. The maximum absolute atomic E-state index is 11.5. The Morgan fingerprint density at radius 1 is 1.38 bits per heavy atom. The second-order valence-corrected chi connectivity index (χ2v) is 5.05. The van der Waals surface area contributed by atoms with Crippen molar-refractivity contribution >= 4 is 5.97 Å². The van der Waals surface area contributed by atoms with Crippen LogP contribution in [0, 0.1) is 17.8 Å². The van der Waals surface area contributed by atoms with Crippen molar-refractivity contribution in [1.29, 1.82) is 0 Å². The fourth-order valence-corrected chi connectivity index (χ4v) is 2.65. The highest BCUT2D eigenvalue weighted by Gasteiger charge is 2.33. The van der Waals surface area contributed by atoms with Gasteiger partial charge in [0.1, 0.15) is 0 Å². The first-order valence-corrected chi connectivity index (χ1v) is 6.36. The summed E-state index contributed by atoms with van der Waals surface area (Å²) in [5.41, 5.74) is 0. The summed E-state index contributed by atoms with van der Waals surface area (Å²) >= 11 is 0. The Morgan fingerprint density at radius 2 is 1.94 bits per heavy atom. The van der Waals surface area contributed by atoms with Gasteiger partial charge in [0.25, 0.3) is 0 Å². The quantitative estimate of drug-likeness (QED) is 0.751. The number of carbonyl (C=O) groups excluding carboxylic acids is 1. The van der Waals surface area contributed by atoms with Gasteiger partial charge >= 0.3 is 5.97 Å². The zero-order valence-corrected chi connectivity index (χ0v) is 10.6. The monoisotopic (exact) mass is 228 g/mol. The minimum absolute atomic E-state index is 0.270. The molecule has 94 valence electrons. The van der Waals surface area contributed by atoms with Crippen LogP contribution in [0.1, 0.15) is 46.0 Å². The van der Waals surface area contributed by atoms with Crippen LogP contribution in [-0.4, -0.2) is 24.3 Å². The number of rotatable bonds is 4. The van der Waals surface area contributed by atoms with Crippen LogP contribution in [0.15, 0.2) is 0 Å². The first kappa shape index (κ1) is 13.5. The molecular formula is C13H24O3. The SMILES string of the molecule is CCC(C(=O)OC)C(O)C1CCC(C)CC1. The van der Waals surface area contributed by atoms with E-state index in [2.05, 4.69) is 6.92 Å². The van der Waals surface area contributed by atoms with Gasteiger partial charge in [-0.15, -0.1) is 0 Å². The third-order valence-electron chi connectivity index (χ3n) is 3.90. The molecule has 2 unspecified atom stereocenters. The predicted octanol–water partition coefficient (Wildman–Crippen LogP) is 2.37. The average Bonchev–Trinajstić information content (AvgIpc) is 2.30. The van der Waals surface area contributed by atoms with Gasteiger partial charge in [0.05, 0.1) is 19.1 Å². The summed E-state index contributed by atoms with van der Waals surface area (Å²) in [6.07, 6.45) is 4.54. The Balaban J connectivity index is 2.54. The normalized spacial score (nSPS) is 29.5. The van der Waals surface area contributed by atoms with E-state index in [1.807, 2.05) is 6.92 Å². The van der Waals surface area contributed by atoms with E-state index in [1.54, 1.807) is 0 Å². The van der Waals surface area contributed by atoms with Gasteiger partial charge in [-0.25, -0.2) is 0 Å². The molecule has 0 radical (unpaired) electrons. The van der Waals surface area contributed by atoms with Gasteiger partial charge in [0.2, 0.25) is 0 Å². The Hall–Kier alpha value is -0.570. The molecule has 2 atom stereocenters. The summed E-state index contributed by atoms with van der Waals surface area (Å²) in [5, 5.41) is 10.2. The molecule has 0 spiro atoms. The summed E-state index contributed by atoms with van der Waals surface area (Å²) in [5.74, 6) is 0.430. The standard InChI is InChI=1S/C13H24O3/c1-4-11(13(15)16-3)12(14)10-7-5-9(2)6-8-10/h9-12,14H,4-8H2,1-3H3. The molecule has 1 saturated carbocycles. The third kappa shape index (κ3) is 3.21. The Kier molecular flexibility index (Phi) is 5.26. The summed E-state index contributed by atoms with van der Waals surface area (Å²) in [7, 11) is 1.39. The van der Waals surface area contributed by atoms with Gasteiger partial charge in [0.15, 0.2) is 0 Å². The van der Waals surface area contributed by atoms with Crippen LogP contribution in [-0.2, 0) is 9.53 Å². The van der Waals surface area contributed by atoms with Gasteiger partial charge in [-0.1, -0.05) is 26.7 Å². The first-order valence-electron chi connectivity index (χ1n) is 6.36. The lowest BCUT2D eigenvalue weighted by atomic mass is 9.76. The Bertz CT molecular complexity index is 219. The van der Waals surface area contributed by atoms with Crippen molar-refractivity contribution in [2.45, 2.75) is 52.1 Å². The smallest absolute Gasteiger partial charge is 0.311 e. The maximum atomic E-state index is 11.5. The highest BCUT2D eigenvalue weighted by atomic mass is 16.5. The van der Waals surface area contributed by atoms with E-state index >= 15 is 0 Å². The second-order valence-electron chi connectivity index (χ2n) is 5.05. The van der Waals surface area contributed by atoms with Crippen molar-refractivity contribution in [1.82, 2.24) is 0 Å². The number of aliphatic hydroxyl groups is 1. The van der Waals surface area contributed by atoms with Crippen molar-refractivity contribution in [3.63, 3.8) is 0 Å². The Labute approximate surface area is 98.2 Å². The summed E-state index contributed by atoms with van der Waals surface area (Å²) in [4.78, 5) is 11.5. The number of carbonyl (C=O) groups is 1. The number of ether oxygens (including phenoxy) is 1. The van der Waals surface area contributed by atoms with Crippen LogP contribution in [0.25, 0.3) is 0 Å². The molecule has 16 heavy (non-hydrogen) atoms. The topological polar surface area (TPSA) is 46.5 Å². The van der Waals surface area contributed by atoms with Crippen LogP contribution in [0.5, 0.6) is 0 Å². The summed E-state index contributed by atoms with van der Waals surface area (Å²) < 4.78 is 4.74. The molecule has 3 nitrogen and oxygen atoms in total. The van der Waals surface area contributed by atoms with E-state index in [9.17, 15) is 9.90 Å². The largest absolute Gasteiger partial charge is 0.469 e. The van der Waals surface area contributed by atoms with Crippen LogP contribution < -0.4 is 0 Å². The highest BCUT2D eigenvalue weighted by molar-refractivity contribution is 5.72. The molecule has 1 aliphatic carbocycles. The lowest BCUT2D eigenvalue weighted by Gasteiger charge is -2.32. The van der Waals surface area contributed by atoms with Crippen LogP contribution in [0.4, 0.5) is 0 Å². The molecule has 0 amide bonds. The fraction of sp³-hybridized carbons (Fsp3) is 0.923. The van der Waals surface area contributed by atoms with Gasteiger partial charge in [0, 0.05) is 0 Å². The summed E-state index contributed by atoms with van der Waals surface area (Å²) in [6, 6.07) is 0. The molecule has 1 N–H and O–H groups in total. The van der Waals surface area contributed by atoms with E-state index in [4.69, 9.17) is 4.74 Å². The summed E-state index contributed by atoms with van der Waals surface area (Å²) in [6.45, 7) is 4.18. The average molecular weight is 228 g/mol. The number of hydrogen-bond acceptors (Lipinski definition) is 3. The van der Waals surface area contributed by atoms with Gasteiger partial charge in [-0.3, -0.25) is 4.79 Å². The maximum Gasteiger partial charge on any atom is 0.311 e. The number of methoxy groups -OCH3 is 1. The van der Waals surface area contributed by atoms with Gasteiger partial charge < -0.3 is 9.84 Å². The van der Waals surface area contributed by atoms with Crippen molar-refractivity contribution in [2.24, 2.45) is 17.8 Å². The molecule has 0 saturated heterocycles. The van der Waals surface area contributed by atoms with Gasteiger partial charge in [-0.2, -0.15) is 0 Å². The Morgan fingerprint density at radius 3 is 2.38 bits per heavy atom. The molecule has 0 aromatic carbocycles. The fourth-order valence-electron chi connectivity index (χ4n) is 2.65. The predicted molar refractivity (Wildman–Crippen MR) is 62.9 cm³/mol. The second kappa shape index (κ2) is 6.24. The molecule has 0 heterocycles. The van der Waals surface area contributed by atoms with Crippen molar-refractivity contribution < 1.29 is 14.6 Å². The molecule has 0 bridgehead atoms. The molecule has 1 fully saturated rings. The van der Waals surface area contributed by atoms with E-state index in [0.29, 0.717) is 6.42 Å². The van der Waals surface area contributed by atoms with E-state index < -0.39 is 6.10 Å². The van der Waals surface area contributed by atoms with E-state index in [-0.39, 0.29) is 17.8 Å². The van der Waals surface area contributed by atoms with Gasteiger partial charge in [-0.05, 0) is 31.1 Å². The molecular weight excluding hydrogens is 204 g/mol.